The standard InChI is InChI=1S/C29H31N3O2/c1-5-32-26-16-15-24(34-4)19-25(26)29(3,20-22-9-7-6-8-10-22)27(32)17-18-30-31-28(33)23-13-11-21(2)12-14-23/h6-19H,5,20H2,1-4H3,(H,31,33)/b27-17-,30-18+. The van der Waals surface area contributed by atoms with Gasteiger partial charge in [-0.1, -0.05) is 48.0 Å². The summed E-state index contributed by atoms with van der Waals surface area (Å²) in [6.07, 6.45) is 4.52. The monoisotopic (exact) mass is 453 g/mol. The second-order valence-electron chi connectivity index (χ2n) is 8.76. The number of aryl methyl sites for hydroxylation is 1. The zero-order valence-electron chi connectivity index (χ0n) is 20.2. The van der Waals surface area contributed by atoms with Crippen LogP contribution < -0.4 is 15.1 Å². The van der Waals surface area contributed by atoms with Gasteiger partial charge < -0.3 is 9.64 Å². The number of carbonyl (C=O) groups excluding carboxylic acids is 1. The molecule has 1 unspecified atom stereocenters. The van der Waals surface area contributed by atoms with Crippen molar-refractivity contribution in [1.29, 1.82) is 0 Å². The third kappa shape index (κ3) is 4.60. The third-order valence-corrected chi connectivity index (χ3v) is 6.45. The van der Waals surface area contributed by atoms with Crippen molar-refractivity contribution in [2.45, 2.75) is 32.6 Å². The number of fused-ring (bicyclic) bond motifs is 1. The fourth-order valence-electron chi connectivity index (χ4n) is 4.66. The van der Waals surface area contributed by atoms with Crippen molar-refractivity contribution >= 4 is 17.8 Å². The van der Waals surface area contributed by atoms with Crippen molar-refractivity contribution in [3.05, 3.63) is 107 Å². The minimum Gasteiger partial charge on any atom is -0.497 e. The number of ether oxygens (including phenoxy) is 1. The van der Waals surface area contributed by atoms with Gasteiger partial charge in [-0.2, -0.15) is 5.10 Å². The van der Waals surface area contributed by atoms with Crippen molar-refractivity contribution in [2.75, 3.05) is 18.6 Å². The average molecular weight is 454 g/mol. The molecular weight excluding hydrogens is 422 g/mol. The Morgan fingerprint density at radius 3 is 2.50 bits per heavy atom. The van der Waals surface area contributed by atoms with Crippen molar-refractivity contribution in [1.82, 2.24) is 5.43 Å². The number of likely N-dealkylation sites (N-methyl/N-ethyl adjacent to an activating group) is 1. The van der Waals surface area contributed by atoms with Crippen LogP contribution in [-0.2, 0) is 11.8 Å². The van der Waals surface area contributed by atoms with Gasteiger partial charge in [-0.3, -0.25) is 4.79 Å². The molecule has 1 aliphatic heterocycles. The summed E-state index contributed by atoms with van der Waals surface area (Å²) in [6.45, 7) is 7.22. The Labute approximate surface area is 201 Å². The molecule has 1 atom stereocenters. The molecule has 0 spiro atoms. The normalized spacial score (nSPS) is 18.4. The highest BCUT2D eigenvalue weighted by Gasteiger charge is 2.43. The van der Waals surface area contributed by atoms with Gasteiger partial charge in [0.15, 0.2) is 0 Å². The molecule has 1 amide bonds. The minimum atomic E-state index is -0.284. The molecule has 0 saturated heterocycles. The molecule has 1 N–H and O–H groups in total. The van der Waals surface area contributed by atoms with Crippen molar-refractivity contribution in [3.8, 4) is 5.75 Å². The van der Waals surface area contributed by atoms with E-state index in [1.54, 1.807) is 25.5 Å². The van der Waals surface area contributed by atoms with Gasteiger partial charge in [0.05, 0.1) is 7.11 Å². The van der Waals surface area contributed by atoms with E-state index in [0.29, 0.717) is 5.56 Å². The average Bonchev–Trinajstić information content (AvgIpc) is 3.09. The van der Waals surface area contributed by atoms with E-state index in [2.05, 4.69) is 65.7 Å². The fraction of sp³-hybridized carbons (Fsp3) is 0.241. The van der Waals surface area contributed by atoms with Crippen molar-refractivity contribution in [3.63, 3.8) is 0 Å². The third-order valence-electron chi connectivity index (χ3n) is 6.45. The highest BCUT2D eigenvalue weighted by atomic mass is 16.5. The number of nitrogens with one attached hydrogen (secondary N) is 1. The van der Waals surface area contributed by atoms with Gasteiger partial charge >= 0.3 is 0 Å². The molecule has 5 nitrogen and oxygen atoms in total. The maximum Gasteiger partial charge on any atom is 0.271 e. The number of allylic oxidation sites excluding steroid dienone is 2. The molecule has 174 valence electrons. The molecule has 1 aliphatic rings. The zero-order chi connectivity index (χ0) is 24.1. The lowest BCUT2D eigenvalue weighted by Crippen LogP contribution is -2.30. The molecule has 1 heterocycles. The predicted octanol–water partition coefficient (Wildman–Crippen LogP) is 5.64. The van der Waals surface area contributed by atoms with Crippen LogP contribution in [-0.4, -0.2) is 25.8 Å². The number of nitrogens with zero attached hydrogens (tertiary/aromatic N) is 2. The Kier molecular flexibility index (Phi) is 6.82. The first-order chi connectivity index (χ1) is 16.5. The Morgan fingerprint density at radius 1 is 1.09 bits per heavy atom. The Hall–Kier alpha value is -3.86. The van der Waals surface area contributed by atoms with E-state index in [9.17, 15) is 4.79 Å². The number of rotatable bonds is 7. The summed E-state index contributed by atoms with van der Waals surface area (Å²) in [5.41, 5.74) is 8.84. The molecule has 0 fully saturated rings. The van der Waals surface area contributed by atoms with Crippen LogP contribution in [0.3, 0.4) is 0 Å². The van der Waals surface area contributed by atoms with Gasteiger partial charge in [0.25, 0.3) is 5.91 Å². The molecule has 4 rings (SSSR count). The van der Waals surface area contributed by atoms with E-state index in [0.717, 1.165) is 30.0 Å². The van der Waals surface area contributed by atoms with Crippen LogP contribution in [0.1, 0.15) is 40.9 Å². The van der Waals surface area contributed by atoms with Crippen LogP contribution in [0.2, 0.25) is 0 Å². The van der Waals surface area contributed by atoms with Crippen LogP contribution in [0, 0.1) is 6.92 Å². The smallest absolute Gasteiger partial charge is 0.271 e. The molecule has 0 saturated carbocycles. The van der Waals surface area contributed by atoms with Gasteiger partial charge in [0, 0.05) is 35.1 Å². The molecule has 5 heteroatoms. The Bertz CT molecular complexity index is 1220. The number of benzene rings is 3. The lowest BCUT2D eigenvalue weighted by atomic mass is 9.76. The van der Waals surface area contributed by atoms with E-state index in [1.165, 1.54) is 16.8 Å². The Balaban J connectivity index is 1.66. The summed E-state index contributed by atoms with van der Waals surface area (Å²) in [7, 11) is 1.70. The number of hydrogen-bond acceptors (Lipinski definition) is 4. The maximum atomic E-state index is 12.4. The number of hydrogen-bond donors (Lipinski definition) is 1. The number of methoxy groups -OCH3 is 1. The molecule has 0 aromatic heterocycles. The van der Waals surface area contributed by atoms with E-state index >= 15 is 0 Å². The largest absolute Gasteiger partial charge is 0.497 e. The van der Waals surface area contributed by atoms with Gasteiger partial charge in [-0.05, 0) is 74.7 Å². The highest BCUT2D eigenvalue weighted by molar-refractivity contribution is 5.94. The summed E-state index contributed by atoms with van der Waals surface area (Å²) in [5.74, 6) is 0.614. The van der Waals surface area contributed by atoms with Gasteiger partial charge in [-0.25, -0.2) is 5.43 Å². The first kappa shape index (κ1) is 23.3. The summed E-state index contributed by atoms with van der Waals surface area (Å²) in [6, 6.07) is 24.2. The lowest BCUT2D eigenvalue weighted by molar-refractivity contribution is 0.0955. The Morgan fingerprint density at radius 2 is 1.82 bits per heavy atom. The minimum absolute atomic E-state index is 0.228. The molecule has 34 heavy (non-hydrogen) atoms. The summed E-state index contributed by atoms with van der Waals surface area (Å²) in [5, 5.41) is 4.22. The molecular formula is C29H31N3O2. The van der Waals surface area contributed by atoms with E-state index in [1.807, 2.05) is 37.3 Å². The fourth-order valence-corrected chi connectivity index (χ4v) is 4.66. The number of hydrazone groups is 1. The van der Waals surface area contributed by atoms with Crippen LogP contribution >= 0.6 is 0 Å². The summed E-state index contributed by atoms with van der Waals surface area (Å²) < 4.78 is 5.55. The van der Waals surface area contributed by atoms with Gasteiger partial charge in [0.1, 0.15) is 5.75 Å². The summed E-state index contributed by atoms with van der Waals surface area (Å²) >= 11 is 0. The zero-order valence-corrected chi connectivity index (χ0v) is 20.2. The van der Waals surface area contributed by atoms with Crippen LogP contribution in [0.4, 0.5) is 5.69 Å². The second kappa shape index (κ2) is 9.96. The number of anilines is 1. The van der Waals surface area contributed by atoms with E-state index < -0.39 is 0 Å². The topological polar surface area (TPSA) is 53.9 Å². The van der Waals surface area contributed by atoms with Crippen molar-refractivity contribution in [2.24, 2.45) is 5.10 Å². The quantitative estimate of drug-likeness (QED) is 0.372. The lowest BCUT2D eigenvalue weighted by Gasteiger charge is -2.30. The summed E-state index contributed by atoms with van der Waals surface area (Å²) in [4.78, 5) is 14.7. The SMILES string of the molecule is CCN1/C(=C\C=N\NC(=O)c2ccc(C)cc2)C(C)(Cc2ccccc2)c2cc(OC)ccc21. The van der Waals surface area contributed by atoms with Crippen LogP contribution in [0.15, 0.2) is 89.7 Å². The first-order valence-corrected chi connectivity index (χ1v) is 11.6. The molecule has 0 radical (unpaired) electrons. The molecule has 0 aliphatic carbocycles. The first-order valence-electron chi connectivity index (χ1n) is 11.6. The van der Waals surface area contributed by atoms with Crippen LogP contribution in [0.25, 0.3) is 0 Å². The van der Waals surface area contributed by atoms with E-state index in [4.69, 9.17) is 4.74 Å². The molecule has 0 bridgehead atoms. The maximum absolute atomic E-state index is 12.4. The number of amides is 1. The van der Waals surface area contributed by atoms with Gasteiger partial charge in [-0.15, -0.1) is 0 Å². The second-order valence-corrected chi connectivity index (χ2v) is 8.76. The molecule has 3 aromatic rings. The van der Waals surface area contributed by atoms with Crippen LogP contribution in [0.5, 0.6) is 5.75 Å². The van der Waals surface area contributed by atoms with Gasteiger partial charge in [0.2, 0.25) is 0 Å². The van der Waals surface area contributed by atoms with Crippen molar-refractivity contribution < 1.29 is 9.53 Å². The number of carbonyl (C=O) groups is 1. The molecule has 3 aromatic carbocycles. The van der Waals surface area contributed by atoms with E-state index in [-0.39, 0.29) is 11.3 Å². The predicted molar refractivity (Wildman–Crippen MR) is 139 cm³/mol. The highest BCUT2D eigenvalue weighted by Crippen LogP contribution is 2.50.